The third-order valence-electron chi connectivity index (χ3n) is 3.79. The number of hydrogen-bond donors (Lipinski definition) is 1. The highest BCUT2D eigenvalue weighted by Crippen LogP contribution is 2.28. The Bertz CT molecular complexity index is 980. The predicted octanol–water partition coefficient (Wildman–Crippen LogP) is 4.82. The summed E-state index contributed by atoms with van der Waals surface area (Å²) in [6.07, 6.45) is 3.46. The van der Waals surface area contributed by atoms with Crippen LogP contribution in [-0.2, 0) is 0 Å². The van der Waals surface area contributed by atoms with Gasteiger partial charge in [-0.1, -0.05) is 23.2 Å². The van der Waals surface area contributed by atoms with Crippen LogP contribution in [0.2, 0.25) is 10.0 Å². The molecule has 0 bridgehead atoms. The Hall–Kier alpha value is -2.69. The van der Waals surface area contributed by atoms with Gasteiger partial charge in [0.05, 0.1) is 5.69 Å². The van der Waals surface area contributed by atoms with Crippen molar-refractivity contribution in [2.45, 2.75) is 0 Å². The second-order valence-electron chi connectivity index (χ2n) is 5.44. The van der Waals surface area contributed by atoms with E-state index in [1.54, 1.807) is 12.4 Å². The molecule has 1 aliphatic rings. The van der Waals surface area contributed by atoms with E-state index in [0.717, 1.165) is 28.1 Å². The zero-order valence-electron chi connectivity index (χ0n) is 12.9. The number of hydrogen-bond acceptors (Lipinski definition) is 4. The predicted molar refractivity (Wildman–Crippen MR) is 102 cm³/mol. The Morgan fingerprint density at radius 3 is 2.24 bits per heavy atom. The minimum Gasteiger partial charge on any atom is -0.265 e. The topological polar surface area (TPSA) is 49.6 Å². The number of hydrazone groups is 1. The fourth-order valence-corrected chi connectivity index (χ4v) is 2.87. The van der Waals surface area contributed by atoms with Gasteiger partial charge in [-0.25, -0.2) is 4.99 Å². The van der Waals surface area contributed by atoms with E-state index < -0.39 is 0 Å². The normalized spacial score (nSPS) is 13.2. The van der Waals surface area contributed by atoms with Crippen LogP contribution in [-0.4, -0.2) is 16.5 Å². The number of amidine groups is 1. The molecule has 4 rings (SSSR count). The Morgan fingerprint density at radius 1 is 0.760 bits per heavy atom. The van der Waals surface area contributed by atoms with Crippen LogP contribution in [0.3, 0.4) is 0 Å². The van der Waals surface area contributed by atoms with E-state index in [1.165, 1.54) is 0 Å². The highest BCUT2D eigenvalue weighted by atomic mass is 35.5. The van der Waals surface area contributed by atoms with Crippen LogP contribution >= 0.6 is 23.2 Å². The number of aromatic nitrogens is 1. The molecule has 0 unspecified atom stereocenters. The summed E-state index contributed by atoms with van der Waals surface area (Å²) in [6.45, 7) is 0. The Kier molecular flexibility index (Phi) is 4.22. The molecule has 1 N–H and O–H groups in total. The Balaban J connectivity index is 1.87. The molecular weight excluding hydrogens is 355 g/mol. The maximum Gasteiger partial charge on any atom is 0.154 e. The highest BCUT2D eigenvalue weighted by molar-refractivity contribution is 6.32. The fourth-order valence-electron chi connectivity index (χ4n) is 2.58. The summed E-state index contributed by atoms with van der Waals surface area (Å²) in [4.78, 5) is 8.79. The summed E-state index contributed by atoms with van der Waals surface area (Å²) < 4.78 is 0. The van der Waals surface area contributed by atoms with Gasteiger partial charge in [0.25, 0.3) is 0 Å². The average molecular weight is 367 g/mol. The van der Waals surface area contributed by atoms with Gasteiger partial charge >= 0.3 is 0 Å². The van der Waals surface area contributed by atoms with Crippen LogP contribution in [0.15, 0.2) is 77.1 Å². The fraction of sp³-hybridized carbons (Fsp3) is 0. The number of pyridine rings is 1. The van der Waals surface area contributed by atoms with Crippen LogP contribution in [0.5, 0.6) is 0 Å². The van der Waals surface area contributed by atoms with E-state index in [-0.39, 0.29) is 0 Å². The lowest BCUT2D eigenvalue weighted by Gasteiger charge is -2.07. The summed E-state index contributed by atoms with van der Waals surface area (Å²) >= 11 is 12.2. The largest absolute Gasteiger partial charge is 0.265 e. The molecule has 4 nitrogen and oxygen atoms in total. The molecule has 1 aliphatic heterocycles. The van der Waals surface area contributed by atoms with Crippen molar-refractivity contribution in [2.75, 3.05) is 0 Å². The monoisotopic (exact) mass is 366 g/mol. The maximum atomic E-state index is 6.20. The first-order valence-corrected chi connectivity index (χ1v) is 8.35. The second-order valence-corrected chi connectivity index (χ2v) is 6.31. The first-order chi connectivity index (χ1) is 12.2. The standard InChI is InChI=1S/C19H12Cl2N4/c20-14-3-1-13(2-4-14)19-23-17-6-5-15(21)11-16(17)18(24-25-19)12-7-9-22-10-8-12/h1-11H,(H,23,25). The van der Waals surface area contributed by atoms with Crippen molar-refractivity contribution in [3.8, 4) is 0 Å². The summed E-state index contributed by atoms with van der Waals surface area (Å²) in [5.74, 6) is 0.643. The molecule has 0 saturated carbocycles. The van der Waals surface area contributed by atoms with Gasteiger partial charge in [-0.3, -0.25) is 10.4 Å². The van der Waals surface area contributed by atoms with Crippen molar-refractivity contribution in [3.63, 3.8) is 0 Å². The molecule has 0 saturated heterocycles. The van der Waals surface area contributed by atoms with Gasteiger partial charge in [0, 0.05) is 39.1 Å². The molecular formula is C19H12Cl2N4. The summed E-state index contributed by atoms with van der Waals surface area (Å²) in [7, 11) is 0. The smallest absolute Gasteiger partial charge is 0.154 e. The highest BCUT2D eigenvalue weighted by Gasteiger charge is 2.17. The number of nitrogens with one attached hydrogen (secondary N) is 1. The van der Waals surface area contributed by atoms with Gasteiger partial charge in [0.2, 0.25) is 0 Å². The number of benzene rings is 2. The quantitative estimate of drug-likeness (QED) is 0.706. The van der Waals surface area contributed by atoms with Crippen LogP contribution in [0.4, 0.5) is 5.69 Å². The van der Waals surface area contributed by atoms with Crippen LogP contribution < -0.4 is 5.43 Å². The van der Waals surface area contributed by atoms with E-state index in [2.05, 4.69) is 15.5 Å². The molecule has 0 radical (unpaired) electrons. The lowest BCUT2D eigenvalue weighted by atomic mass is 10.0. The van der Waals surface area contributed by atoms with E-state index in [4.69, 9.17) is 28.2 Å². The minimum atomic E-state index is 0.630. The molecule has 25 heavy (non-hydrogen) atoms. The Morgan fingerprint density at radius 2 is 1.48 bits per heavy atom. The number of fused-ring (bicyclic) bond motifs is 1. The number of nitrogens with zero attached hydrogens (tertiary/aromatic N) is 3. The zero-order valence-corrected chi connectivity index (χ0v) is 14.5. The van der Waals surface area contributed by atoms with E-state index >= 15 is 0 Å². The molecule has 0 fully saturated rings. The number of halogens is 2. The number of rotatable bonds is 2. The molecule has 0 atom stereocenters. The van der Waals surface area contributed by atoms with Crippen molar-refractivity contribution in [1.82, 2.24) is 10.4 Å². The molecule has 0 amide bonds. The summed E-state index contributed by atoms with van der Waals surface area (Å²) in [5.41, 5.74) is 7.29. The first kappa shape index (κ1) is 15.8. The summed E-state index contributed by atoms with van der Waals surface area (Å²) in [5, 5.41) is 5.88. The molecule has 0 spiro atoms. The molecule has 1 aromatic heterocycles. The average Bonchev–Trinajstić information content (AvgIpc) is 2.82. The van der Waals surface area contributed by atoms with Gasteiger partial charge < -0.3 is 0 Å². The third kappa shape index (κ3) is 3.27. The molecule has 6 heteroatoms. The Labute approximate surface area is 154 Å². The first-order valence-electron chi connectivity index (χ1n) is 7.59. The van der Waals surface area contributed by atoms with Gasteiger partial charge in [-0.2, -0.15) is 5.10 Å². The molecule has 0 aliphatic carbocycles. The van der Waals surface area contributed by atoms with Crippen LogP contribution in [0.1, 0.15) is 16.7 Å². The summed E-state index contributed by atoms with van der Waals surface area (Å²) in [6, 6.07) is 16.8. The van der Waals surface area contributed by atoms with Crippen molar-refractivity contribution < 1.29 is 0 Å². The van der Waals surface area contributed by atoms with Crippen molar-refractivity contribution >= 4 is 40.4 Å². The second kappa shape index (κ2) is 6.67. The maximum absolute atomic E-state index is 6.20. The molecule has 2 heterocycles. The SMILES string of the molecule is Clc1ccc(C2=Nc3ccc(Cl)cc3C(c3ccncc3)=NN2)cc1. The van der Waals surface area contributed by atoms with Crippen molar-refractivity contribution in [3.05, 3.63) is 93.7 Å². The van der Waals surface area contributed by atoms with E-state index in [0.29, 0.717) is 15.9 Å². The molecule has 3 aromatic rings. The van der Waals surface area contributed by atoms with Gasteiger partial charge in [-0.05, 0) is 54.6 Å². The van der Waals surface area contributed by atoms with Gasteiger partial charge in [-0.15, -0.1) is 0 Å². The van der Waals surface area contributed by atoms with Crippen LogP contribution in [0.25, 0.3) is 0 Å². The van der Waals surface area contributed by atoms with Crippen LogP contribution in [0, 0.1) is 0 Å². The van der Waals surface area contributed by atoms with E-state index in [1.807, 2.05) is 54.6 Å². The zero-order chi connectivity index (χ0) is 17.2. The van der Waals surface area contributed by atoms with Crippen molar-refractivity contribution in [1.29, 1.82) is 0 Å². The lowest BCUT2D eigenvalue weighted by molar-refractivity contribution is 1.03. The van der Waals surface area contributed by atoms with E-state index in [9.17, 15) is 0 Å². The number of aliphatic imine (C=N–C) groups is 1. The van der Waals surface area contributed by atoms with Gasteiger partial charge in [0.15, 0.2) is 5.84 Å². The molecule has 122 valence electrons. The molecule has 2 aromatic carbocycles. The lowest BCUT2D eigenvalue weighted by Crippen LogP contribution is -2.19. The minimum absolute atomic E-state index is 0.630. The van der Waals surface area contributed by atoms with Gasteiger partial charge in [0.1, 0.15) is 5.71 Å². The van der Waals surface area contributed by atoms with Crippen molar-refractivity contribution in [2.24, 2.45) is 10.1 Å². The third-order valence-corrected chi connectivity index (χ3v) is 4.28.